The second-order valence-corrected chi connectivity index (χ2v) is 4.30. The van der Waals surface area contributed by atoms with Crippen LogP contribution in [0.5, 0.6) is 11.5 Å². The zero-order chi connectivity index (χ0) is 13.8. The SMILES string of the molecule is CN(Cc1ccc2c(c1)OCCCO2)C(=O)C(=O)O. The minimum absolute atomic E-state index is 0.210. The van der Waals surface area contributed by atoms with Crippen LogP contribution in [0.1, 0.15) is 12.0 Å². The number of ether oxygens (including phenoxy) is 2. The quantitative estimate of drug-likeness (QED) is 0.804. The molecule has 1 amide bonds. The average Bonchev–Trinajstić information content (AvgIpc) is 2.62. The fourth-order valence-electron chi connectivity index (χ4n) is 1.81. The van der Waals surface area contributed by atoms with Gasteiger partial charge in [-0.2, -0.15) is 0 Å². The molecular formula is C13H15NO5. The predicted octanol–water partition coefficient (Wildman–Crippen LogP) is 0.891. The van der Waals surface area contributed by atoms with E-state index in [2.05, 4.69) is 0 Å². The molecule has 6 nitrogen and oxygen atoms in total. The Morgan fingerprint density at radius 1 is 1.26 bits per heavy atom. The van der Waals surface area contributed by atoms with E-state index in [0.717, 1.165) is 16.9 Å². The highest BCUT2D eigenvalue weighted by molar-refractivity contribution is 6.31. The standard InChI is InChI=1S/C13H15NO5/c1-14(12(15)13(16)17)8-9-3-4-10-11(7-9)19-6-2-5-18-10/h3-4,7H,2,5-6,8H2,1H3,(H,16,17). The van der Waals surface area contributed by atoms with Crippen LogP contribution in [0, 0.1) is 0 Å². The van der Waals surface area contributed by atoms with Crippen LogP contribution in [0.25, 0.3) is 0 Å². The summed E-state index contributed by atoms with van der Waals surface area (Å²) in [4.78, 5) is 23.0. The fourth-order valence-corrected chi connectivity index (χ4v) is 1.81. The van der Waals surface area contributed by atoms with Crippen molar-refractivity contribution in [3.8, 4) is 11.5 Å². The maximum Gasteiger partial charge on any atom is 0.394 e. The number of hydrogen-bond donors (Lipinski definition) is 1. The minimum Gasteiger partial charge on any atom is -0.490 e. The number of fused-ring (bicyclic) bond motifs is 1. The van der Waals surface area contributed by atoms with E-state index in [1.165, 1.54) is 7.05 Å². The number of carboxylic acid groups (broad SMARTS) is 1. The van der Waals surface area contributed by atoms with E-state index in [9.17, 15) is 9.59 Å². The second-order valence-electron chi connectivity index (χ2n) is 4.30. The van der Waals surface area contributed by atoms with Crippen molar-refractivity contribution in [3.05, 3.63) is 23.8 Å². The first kappa shape index (κ1) is 13.2. The highest BCUT2D eigenvalue weighted by Gasteiger charge is 2.18. The summed E-state index contributed by atoms with van der Waals surface area (Å²) in [6.07, 6.45) is 0.821. The smallest absolute Gasteiger partial charge is 0.394 e. The van der Waals surface area contributed by atoms with Crippen molar-refractivity contribution >= 4 is 11.9 Å². The number of amides is 1. The minimum atomic E-state index is -1.46. The summed E-state index contributed by atoms with van der Waals surface area (Å²) in [7, 11) is 1.44. The van der Waals surface area contributed by atoms with Gasteiger partial charge in [-0.15, -0.1) is 0 Å². The summed E-state index contributed by atoms with van der Waals surface area (Å²) < 4.78 is 11.0. The van der Waals surface area contributed by atoms with Crippen molar-refractivity contribution in [2.24, 2.45) is 0 Å². The Balaban J connectivity index is 2.11. The van der Waals surface area contributed by atoms with Gasteiger partial charge < -0.3 is 19.5 Å². The zero-order valence-corrected chi connectivity index (χ0v) is 10.6. The third-order valence-electron chi connectivity index (χ3n) is 2.76. The van der Waals surface area contributed by atoms with E-state index in [4.69, 9.17) is 14.6 Å². The van der Waals surface area contributed by atoms with Crippen LogP contribution in [0.2, 0.25) is 0 Å². The number of aliphatic carboxylic acids is 1. The third-order valence-corrected chi connectivity index (χ3v) is 2.76. The molecule has 0 bridgehead atoms. The van der Waals surface area contributed by atoms with Crippen molar-refractivity contribution in [2.45, 2.75) is 13.0 Å². The molecule has 0 atom stereocenters. The summed E-state index contributed by atoms with van der Waals surface area (Å²) in [5.74, 6) is -1.09. The molecule has 0 spiro atoms. The molecule has 1 aromatic rings. The molecule has 0 aliphatic carbocycles. The number of hydrogen-bond acceptors (Lipinski definition) is 4. The lowest BCUT2D eigenvalue weighted by Crippen LogP contribution is -2.32. The van der Waals surface area contributed by atoms with Crippen LogP contribution in [0.15, 0.2) is 18.2 Å². The molecule has 0 aromatic heterocycles. The molecule has 6 heteroatoms. The van der Waals surface area contributed by atoms with Gasteiger partial charge in [-0.25, -0.2) is 4.79 Å². The number of benzene rings is 1. The Kier molecular flexibility index (Phi) is 3.89. The lowest BCUT2D eigenvalue weighted by atomic mass is 10.2. The molecular weight excluding hydrogens is 250 g/mol. The first-order chi connectivity index (χ1) is 9.08. The van der Waals surface area contributed by atoms with E-state index in [-0.39, 0.29) is 6.54 Å². The van der Waals surface area contributed by atoms with Gasteiger partial charge in [0.1, 0.15) is 0 Å². The van der Waals surface area contributed by atoms with Crippen LogP contribution in [-0.4, -0.2) is 42.1 Å². The van der Waals surface area contributed by atoms with E-state index in [1.54, 1.807) is 18.2 Å². The van der Waals surface area contributed by atoms with Gasteiger partial charge in [0.15, 0.2) is 11.5 Å². The molecule has 1 aliphatic rings. The molecule has 102 valence electrons. The first-order valence-corrected chi connectivity index (χ1v) is 5.95. The maximum atomic E-state index is 11.3. The van der Waals surface area contributed by atoms with Crippen molar-refractivity contribution in [1.82, 2.24) is 4.90 Å². The van der Waals surface area contributed by atoms with Crippen molar-refractivity contribution in [3.63, 3.8) is 0 Å². The number of carboxylic acids is 1. The molecule has 0 unspecified atom stereocenters. The summed E-state index contributed by atoms with van der Waals surface area (Å²) in [6, 6.07) is 5.33. The largest absolute Gasteiger partial charge is 0.490 e. The van der Waals surface area contributed by atoms with E-state index in [1.807, 2.05) is 0 Å². The lowest BCUT2D eigenvalue weighted by Gasteiger charge is -2.16. The van der Waals surface area contributed by atoms with Gasteiger partial charge in [0.05, 0.1) is 13.2 Å². The van der Waals surface area contributed by atoms with Crippen molar-refractivity contribution in [1.29, 1.82) is 0 Å². The number of rotatable bonds is 2. The normalized spacial score (nSPS) is 13.5. The molecule has 0 saturated heterocycles. The highest BCUT2D eigenvalue weighted by Crippen LogP contribution is 2.30. The molecule has 0 fully saturated rings. The van der Waals surface area contributed by atoms with Gasteiger partial charge >= 0.3 is 11.9 Å². The number of carbonyl (C=O) groups is 2. The van der Waals surface area contributed by atoms with Crippen molar-refractivity contribution in [2.75, 3.05) is 20.3 Å². The van der Waals surface area contributed by atoms with Gasteiger partial charge in [-0.3, -0.25) is 4.79 Å². The molecule has 1 heterocycles. The zero-order valence-electron chi connectivity index (χ0n) is 10.6. The van der Waals surface area contributed by atoms with Gasteiger partial charge in [-0.1, -0.05) is 6.07 Å². The van der Waals surface area contributed by atoms with Crippen LogP contribution in [0.4, 0.5) is 0 Å². The molecule has 2 rings (SSSR count). The Hall–Kier alpha value is -2.24. The number of nitrogens with zero attached hydrogens (tertiary/aromatic N) is 1. The predicted molar refractivity (Wildman–Crippen MR) is 66.2 cm³/mol. The third kappa shape index (κ3) is 3.15. The highest BCUT2D eigenvalue weighted by atomic mass is 16.5. The Bertz CT molecular complexity index is 500. The van der Waals surface area contributed by atoms with E-state index in [0.29, 0.717) is 24.7 Å². The van der Waals surface area contributed by atoms with Crippen LogP contribution in [-0.2, 0) is 16.1 Å². The monoisotopic (exact) mass is 265 g/mol. The second kappa shape index (κ2) is 5.60. The van der Waals surface area contributed by atoms with Crippen LogP contribution < -0.4 is 9.47 Å². The summed E-state index contributed by atoms with van der Waals surface area (Å²) in [5.41, 5.74) is 0.793. The Morgan fingerprint density at radius 2 is 1.95 bits per heavy atom. The average molecular weight is 265 g/mol. The first-order valence-electron chi connectivity index (χ1n) is 5.95. The number of likely N-dealkylation sites (N-methyl/N-ethyl adjacent to an activating group) is 1. The van der Waals surface area contributed by atoms with Crippen LogP contribution in [0.3, 0.4) is 0 Å². The maximum absolute atomic E-state index is 11.3. The van der Waals surface area contributed by atoms with E-state index < -0.39 is 11.9 Å². The van der Waals surface area contributed by atoms with Gasteiger partial charge in [-0.05, 0) is 17.7 Å². The molecule has 0 radical (unpaired) electrons. The lowest BCUT2D eigenvalue weighted by molar-refractivity contribution is -0.155. The van der Waals surface area contributed by atoms with Gasteiger partial charge in [0.2, 0.25) is 0 Å². The molecule has 1 aliphatic heterocycles. The summed E-state index contributed by atoms with van der Waals surface area (Å²) >= 11 is 0. The molecule has 1 aromatic carbocycles. The Morgan fingerprint density at radius 3 is 2.63 bits per heavy atom. The van der Waals surface area contributed by atoms with Gasteiger partial charge in [0.25, 0.3) is 0 Å². The van der Waals surface area contributed by atoms with Gasteiger partial charge in [0, 0.05) is 20.0 Å². The summed E-state index contributed by atoms with van der Waals surface area (Å²) in [6.45, 7) is 1.41. The van der Waals surface area contributed by atoms with E-state index >= 15 is 0 Å². The fraction of sp³-hybridized carbons (Fsp3) is 0.385. The Labute approximate surface area is 110 Å². The topological polar surface area (TPSA) is 76.1 Å². The number of carbonyl (C=O) groups excluding carboxylic acids is 1. The summed E-state index contributed by atoms with van der Waals surface area (Å²) in [5, 5.41) is 8.62. The van der Waals surface area contributed by atoms with Crippen molar-refractivity contribution < 1.29 is 24.2 Å². The molecule has 0 saturated carbocycles. The molecule has 19 heavy (non-hydrogen) atoms. The molecule has 1 N–H and O–H groups in total. The van der Waals surface area contributed by atoms with Crippen LogP contribution >= 0.6 is 0 Å².